The van der Waals surface area contributed by atoms with E-state index in [1.165, 1.54) is 5.56 Å². The maximum Gasteiger partial charge on any atom is 0.184 e. The monoisotopic (exact) mass is 449 g/mol. The van der Waals surface area contributed by atoms with Crippen LogP contribution in [0.2, 0.25) is 0 Å². The quantitative estimate of drug-likeness (QED) is 0.713. The van der Waals surface area contributed by atoms with Gasteiger partial charge in [-0.25, -0.2) is 16.8 Å². The van der Waals surface area contributed by atoms with E-state index in [1.54, 1.807) is 33.1 Å². The zero-order valence-corrected chi connectivity index (χ0v) is 19.1. The van der Waals surface area contributed by atoms with Crippen molar-refractivity contribution in [3.05, 3.63) is 58.7 Å². The van der Waals surface area contributed by atoms with Crippen molar-refractivity contribution in [1.82, 2.24) is 4.90 Å². The first-order valence-corrected chi connectivity index (χ1v) is 13.4. The molecule has 2 aromatic rings. The molecule has 0 bridgehead atoms. The Morgan fingerprint density at radius 2 is 1.73 bits per heavy atom. The number of hydrogen-bond donors (Lipinski definition) is 0. The van der Waals surface area contributed by atoms with Crippen molar-refractivity contribution in [2.75, 3.05) is 25.2 Å². The third-order valence-corrected chi connectivity index (χ3v) is 10.6. The maximum absolute atomic E-state index is 13.7. The standard InChI is InChI=1S/C22H27NO5S2/c1-15-11-21(16(2)10-20(15)28-3)30(26,27)22-14-29(24,25)13-19(22)23-9-8-17-6-4-5-7-18(17)12-23/h4-7,10-11,19,22H,8-9,12-14H2,1-3H3/t19-,22-/m0/s1. The van der Waals surface area contributed by atoms with Gasteiger partial charge in [0.15, 0.2) is 19.7 Å². The summed E-state index contributed by atoms with van der Waals surface area (Å²) < 4.78 is 57.7. The van der Waals surface area contributed by atoms with E-state index in [0.717, 1.165) is 12.0 Å². The molecule has 30 heavy (non-hydrogen) atoms. The third kappa shape index (κ3) is 3.76. The van der Waals surface area contributed by atoms with Crippen LogP contribution in [0, 0.1) is 13.8 Å². The van der Waals surface area contributed by atoms with E-state index < -0.39 is 31.0 Å². The molecule has 6 nitrogen and oxygen atoms in total. The summed E-state index contributed by atoms with van der Waals surface area (Å²) in [4.78, 5) is 2.24. The average molecular weight is 450 g/mol. The van der Waals surface area contributed by atoms with Gasteiger partial charge in [-0.1, -0.05) is 24.3 Å². The first kappa shape index (κ1) is 21.3. The van der Waals surface area contributed by atoms with E-state index in [2.05, 4.69) is 6.07 Å². The Balaban J connectivity index is 1.72. The molecule has 0 unspecified atom stereocenters. The summed E-state index contributed by atoms with van der Waals surface area (Å²) in [5, 5.41) is -0.973. The van der Waals surface area contributed by atoms with Crippen LogP contribution >= 0.6 is 0 Å². The van der Waals surface area contributed by atoms with Gasteiger partial charge in [0.1, 0.15) is 5.75 Å². The Labute approximate surface area is 178 Å². The molecule has 1 fully saturated rings. The van der Waals surface area contributed by atoms with Crippen molar-refractivity contribution < 1.29 is 21.6 Å². The Kier molecular flexibility index (Phi) is 5.45. The first-order valence-electron chi connectivity index (χ1n) is 10.0. The minimum absolute atomic E-state index is 0.118. The Morgan fingerprint density at radius 1 is 1.03 bits per heavy atom. The molecular formula is C22H27NO5S2. The van der Waals surface area contributed by atoms with Crippen molar-refractivity contribution in [1.29, 1.82) is 0 Å². The van der Waals surface area contributed by atoms with Gasteiger partial charge in [-0.15, -0.1) is 0 Å². The summed E-state index contributed by atoms with van der Waals surface area (Å²) in [5.74, 6) is 0.172. The lowest BCUT2D eigenvalue weighted by atomic mass is 9.98. The molecule has 0 spiro atoms. The molecule has 0 saturated carbocycles. The van der Waals surface area contributed by atoms with Crippen LogP contribution in [-0.2, 0) is 32.6 Å². The Bertz CT molecular complexity index is 1190. The van der Waals surface area contributed by atoms with Gasteiger partial charge >= 0.3 is 0 Å². The lowest BCUT2D eigenvalue weighted by molar-refractivity contribution is 0.195. The van der Waals surface area contributed by atoms with Crippen molar-refractivity contribution in [3.63, 3.8) is 0 Å². The van der Waals surface area contributed by atoms with Gasteiger partial charge in [-0.05, 0) is 54.7 Å². The van der Waals surface area contributed by atoms with Gasteiger partial charge in [0.25, 0.3) is 0 Å². The minimum Gasteiger partial charge on any atom is -0.496 e. The molecule has 2 aromatic carbocycles. The topological polar surface area (TPSA) is 80.8 Å². The van der Waals surface area contributed by atoms with E-state index >= 15 is 0 Å². The number of nitrogens with zero attached hydrogens (tertiary/aromatic N) is 1. The van der Waals surface area contributed by atoms with Crippen molar-refractivity contribution in [2.45, 2.75) is 43.0 Å². The molecule has 162 valence electrons. The molecule has 2 aliphatic rings. The minimum atomic E-state index is -3.84. The number of aryl methyl sites for hydroxylation is 2. The number of rotatable bonds is 4. The Morgan fingerprint density at radius 3 is 2.43 bits per heavy atom. The second-order valence-electron chi connectivity index (χ2n) is 8.30. The predicted octanol–water partition coefficient (Wildman–Crippen LogP) is 2.31. The summed E-state index contributed by atoms with van der Waals surface area (Å²) in [7, 11) is -5.74. The van der Waals surface area contributed by atoms with Gasteiger partial charge in [0.05, 0.1) is 28.8 Å². The number of ether oxygens (including phenoxy) is 1. The molecule has 0 N–H and O–H groups in total. The first-order chi connectivity index (χ1) is 14.1. The van der Waals surface area contributed by atoms with Gasteiger partial charge in [-0.3, -0.25) is 4.90 Å². The highest BCUT2D eigenvalue weighted by Gasteiger charge is 2.49. The van der Waals surface area contributed by atoms with Crippen LogP contribution in [-0.4, -0.2) is 58.2 Å². The second kappa shape index (κ2) is 7.66. The fraction of sp³-hybridized carbons (Fsp3) is 0.455. The highest BCUT2D eigenvalue weighted by atomic mass is 32.2. The third-order valence-electron chi connectivity index (χ3n) is 6.30. The summed E-state index contributed by atoms with van der Waals surface area (Å²) in [6.07, 6.45) is 0.792. The van der Waals surface area contributed by atoms with E-state index in [1.807, 2.05) is 23.1 Å². The molecule has 0 aromatic heterocycles. The van der Waals surface area contributed by atoms with Crippen LogP contribution in [0.4, 0.5) is 0 Å². The average Bonchev–Trinajstić information content (AvgIpc) is 3.05. The predicted molar refractivity (Wildman–Crippen MR) is 116 cm³/mol. The fourth-order valence-electron chi connectivity index (χ4n) is 4.69. The normalized spacial score (nSPS) is 23.8. The van der Waals surface area contributed by atoms with Crippen LogP contribution in [0.5, 0.6) is 5.75 Å². The summed E-state index contributed by atoms with van der Waals surface area (Å²) in [6, 6.07) is 10.8. The van der Waals surface area contributed by atoms with Gasteiger partial charge in [0.2, 0.25) is 0 Å². The van der Waals surface area contributed by atoms with Gasteiger partial charge in [-0.2, -0.15) is 0 Å². The lowest BCUT2D eigenvalue weighted by Gasteiger charge is -2.35. The van der Waals surface area contributed by atoms with Crippen molar-refractivity contribution >= 4 is 19.7 Å². The van der Waals surface area contributed by atoms with Crippen LogP contribution in [0.25, 0.3) is 0 Å². The van der Waals surface area contributed by atoms with Crippen LogP contribution in [0.3, 0.4) is 0 Å². The van der Waals surface area contributed by atoms with E-state index in [0.29, 0.717) is 30.0 Å². The molecule has 2 atom stereocenters. The molecule has 2 heterocycles. The number of methoxy groups -OCH3 is 1. The Hall–Kier alpha value is -1.90. The van der Waals surface area contributed by atoms with E-state index in [9.17, 15) is 16.8 Å². The number of hydrogen-bond acceptors (Lipinski definition) is 6. The number of fused-ring (bicyclic) bond motifs is 1. The number of benzene rings is 2. The zero-order chi connectivity index (χ0) is 21.7. The van der Waals surface area contributed by atoms with Crippen LogP contribution < -0.4 is 4.74 Å². The van der Waals surface area contributed by atoms with E-state index in [-0.39, 0.29) is 16.4 Å². The smallest absolute Gasteiger partial charge is 0.184 e. The van der Waals surface area contributed by atoms with Gasteiger partial charge in [0, 0.05) is 19.1 Å². The SMILES string of the molecule is COc1cc(C)c(S(=O)(=O)[C@H]2CS(=O)(=O)C[C@@H]2N2CCc3ccccc3C2)cc1C. The fourth-order valence-corrected chi connectivity index (χ4v) is 9.83. The molecule has 1 saturated heterocycles. The summed E-state index contributed by atoms with van der Waals surface area (Å²) >= 11 is 0. The van der Waals surface area contributed by atoms with Gasteiger partial charge < -0.3 is 4.74 Å². The summed E-state index contributed by atoms with van der Waals surface area (Å²) in [5.41, 5.74) is 3.67. The number of sulfone groups is 2. The molecule has 4 rings (SSSR count). The molecule has 0 radical (unpaired) electrons. The van der Waals surface area contributed by atoms with Crippen LogP contribution in [0.15, 0.2) is 41.3 Å². The molecule has 8 heteroatoms. The molecule has 2 aliphatic heterocycles. The van der Waals surface area contributed by atoms with Crippen LogP contribution in [0.1, 0.15) is 22.3 Å². The van der Waals surface area contributed by atoms with Crippen molar-refractivity contribution in [3.8, 4) is 5.75 Å². The highest BCUT2D eigenvalue weighted by molar-refractivity contribution is 7.96. The zero-order valence-electron chi connectivity index (χ0n) is 17.5. The lowest BCUT2D eigenvalue weighted by Crippen LogP contribution is -2.48. The summed E-state index contributed by atoms with van der Waals surface area (Å²) in [6.45, 7) is 4.75. The second-order valence-corrected chi connectivity index (χ2v) is 12.6. The highest BCUT2D eigenvalue weighted by Crippen LogP contribution is 2.35. The maximum atomic E-state index is 13.7. The molecular weight excluding hydrogens is 422 g/mol. The molecule has 0 amide bonds. The molecule has 0 aliphatic carbocycles. The van der Waals surface area contributed by atoms with E-state index in [4.69, 9.17) is 4.74 Å². The largest absolute Gasteiger partial charge is 0.496 e. The van der Waals surface area contributed by atoms with Crippen molar-refractivity contribution in [2.24, 2.45) is 0 Å².